The third-order valence-corrected chi connectivity index (χ3v) is 2.65. The van der Waals surface area contributed by atoms with Crippen molar-refractivity contribution in [2.24, 2.45) is 0 Å². The van der Waals surface area contributed by atoms with Gasteiger partial charge in [-0.1, -0.05) is 32.6 Å². The van der Waals surface area contributed by atoms with Crippen molar-refractivity contribution in [1.82, 2.24) is 5.32 Å². The molecule has 0 aromatic heterocycles. The minimum absolute atomic E-state index is 0.475. The van der Waals surface area contributed by atoms with Crippen LogP contribution in [0.15, 0.2) is 30.4 Å². The zero-order chi connectivity index (χ0) is 12.8. The van der Waals surface area contributed by atoms with E-state index in [9.17, 15) is 0 Å². The molecule has 0 amide bonds. The van der Waals surface area contributed by atoms with Gasteiger partial charge in [0.15, 0.2) is 0 Å². The SMILES string of the molecule is C=C(CNC)COc1cc(C)ccc1C(C)C. The Bertz CT molecular complexity index is 383. The third-order valence-electron chi connectivity index (χ3n) is 2.65. The fourth-order valence-corrected chi connectivity index (χ4v) is 1.72. The fraction of sp³-hybridized carbons (Fsp3) is 0.467. The largest absolute Gasteiger partial charge is 0.489 e. The van der Waals surface area contributed by atoms with Gasteiger partial charge in [0, 0.05) is 6.54 Å². The maximum Gasteiger partial charge on any atom is 0.123 e. The average molecular weight is 233 g/mol. The Kier molecular flexibility index (Phi) is 5.23. The van der Waals surface area contributed by atoms with Gasteiger partial charge in [0.05, 0.1) is 0 Å². The van der Waals surface area contributed by atoms with Crippen LogP contribution < -0.4 is 10.1 Å². The molecule has 1 rings (SSSR count). The number of aryl methyl sites for hydroxylation is 1. The molecular formula is C15H23NO. The number of rotatable bonds is 6. The predicted octanol–water partition coefficient (Wildman–Crippen LogP) is 3.27. The van der Waals surface area contributed by atoms with Gasteiger partial charge >= 0.3 is 0 Å². The van der Waals surface area contributed by atoms with Gasteiger partial charge in [0.1, 0.15) is 12.4 Å². The molecule has 0 fully saturated rings. The van der Waals surface area contributed by atoms with Crippen LogP contribution in [0.2, 0.25) is 0 Å². The normalized spacial score (nSPS) is 10.6. The van der Waals surface area contributed by atoms with Gasteiger partial charge in [-0.25, -0.2) is 0 Å². The Balaban J connectivity index is 2.75. The number of likely N-dealkylation sites (N-methyl/N-ethyl adjacent to an activating group) is 1. The molecule has 1 aromatic carbocycles. The van der Waals surface area contributed by atoms with E-state index in [1.54, 1.807) is 0 Å². The van der Waals surface area contributed by atoms with Crippen molar-refractivity contribution in [2.75, 3.05) is 20.2 Å². The van der Waals surface area contributed by atoms with Crippen molar-refractivity contribution >= 4 is 0 Å². The second-order valence-corrected chi connectivity index (χ2v) is 4.76. The molecule has 0 radical (unpaired) electrons. The van der Waals surface area contributed by atoms with Gasteiger partial charge in [0.2, 0.25) is 0 Å². The molecule has 0 saturated heterocycles. The van der Waals surface area contributed by atoms with Gasteiger partial charge in [-0.2, -0.15) is 0 Å². The van der Waals surface area contributed by atoms with Crippen molar-refractivity contribution < 1.29 is 4.74 Å². The lowest BCUT2D eigenvalue weighted by Crippen LogP contribution is -2.15. The Morgan fingerprint density at radius 3 is 2.71 bits per heavy atom. The summed E-state index contributed by atoms with van der Waals surface area (Å²) in [6, 6.07) is 6.38. The van der Waals surface area contributed by atoms with Crippen LogP contribution in [-0.2, 0) is 0 Å². The highest BCUT2D eigenvalue weighted by molar-refractivity contribution is 5.39. The Morgan fingerprint density at radius 2 is 2.12 bits per heavy atom. The first-order valence-electron chi connectivity index (χ1n) is 6.09. The molecule has 0 spiro atoms. The molecule has 0 saturated carbocycles. The van der Waals surface area contributed by atoms with Crippen LogP contribution >= 0.6 is 0 Å². The summed E-state index contributed by atoms with van der Waals surface area (Å²) in [5.41, 5.74) is 3.54. The fourth-order valence-electron chi connectivity index (χ4n) is 1.72. The van der Waals surface area contributed by atoms with E-state index < -0.39 is 0 Å². The number of hydrogen-bond acceptors (Lipinski definition) is 2. The maximum atomic E-state index is 5.85. The van der Waals surface area contributed by atoms with Gasteiger partial charge in [-0.05, 0) is 42.7 Å². The van der Waals surface area contributed by atoms with Crippen molar-refractivity contribution in [2.45, 2.75) is 26.7 Å². The number of hydrogen-bond donors (Lipinski definition) is 1. The van der Waals surface area contributed by atoms with Crippen molar-refractivity contribution in [3.63, 3.8) is 0 Å². The minimum Gasteiger partial charge on any atom is -0.489 e. The zero-order valence-corrected chi connectivity index (χ0v) is 11.3. The summed E-state index contributed by atoms with van der Waals surface area (Å²) in [7, 11) is 1.91. The van der Waals surface area contributed by atoms with Gasteiger partial charge in [-0.3, -0.25) is 0 Å². The summed E-state index contributed by atoms with van der Waals surface area (Å²) in [5, 5.41) is 3.07. The summed E-state index contributed by atoms with van der Waals surface area (Å²) in [6.45, 7) is 11.8. The molecule has 1 aromatic rings. The van der Waals surface area contributed by atoms with E-state index in [4.69, 9.17) is 4.74 Å². The molecule has 0 unspecified atom stereocenters. The summed E-state index contributed by atoms with van der Waals surface area (Å²) in [5.74, 6) is 1.46. The van der Waals surface area contributed by atoms with Crippen molar-refractivity contribution in [3.8, 4) is 5.75 Å². The lowest BCUT2D eigenvalue weighted by atomic mass is 10.0. The van der Waals surface area contributed by atoms with E-state index in [1.165, 1.54) is 11.1 Å². The van der Waals surface area contributed by atoms with Gasteiger partial charge < -0.3 is 10.1 Å². The first-order chi connectivity index (χ1) is 8.04. The highest BCUT2D eigenvalue weighted by Gasteiger charge is 2.08. The summed E-state index contributed by atoms with van der Waals surface area (Å²) in [4.78, 5) is 0. The van der Waals surface area contributed by atoms with Crippen LogP contribution in [0.5, 0.6) is 5.75 Å². The highest BCUT2D eigenvalue weighted by atomic mass is 16.5. The second-order valence-electron chi connectivity index (χ2n) is 4.76. The van der Waals surface area contributed by atoms with Crippen LogP contribution in [0, 0.1) is 6.92 Å². The highest BCUT2D eigenvalue weighted by Crippen LogP contribution is 2.27. The van der Waals surface area contributed by atoms with E-state index in [0.717, 1.165) is 17.9 Å². The Labute approximate surface area is 105 Å². The molecule has 0 aliphatic rings. The van der Waals surface area contributed by atoms with Gasteiger partial charge in [0.25, 0.3) is 0 Å². The molecule has 0 aliphatic carbocycles. The van der Waals surface area contributed by atoms with Crippen LogP contribution in [0.3, 0.4) is 0 Å². The van der Waals surface area contributed by atoms with Gasteiger partial charge in [-0.15, -0.1) is 0 Å². The summed E-state index contributed by atoms with van der Waals surface area (Å²) < 4.78 is 5.85. The van der Waals surface area contributed by atoms with E-state index >= 15 is 0 Å². The molecule has 0 heterocycles. The van der Waals surface area contributed by atoms with Crippen molar-refractivity contribution in [3.05, 3.63) is 41.5 Å². The molecule has 0 atom stereocenters. The molecule has 17 heavy (non-hydrogen) atoms. The Hall–Kier alpha value is -1.28. The van der Waals surface area contributed by atoms with Crippen LogP contribution in [-0.4, -0.2) is 20.2 Å². The quantitative estimate of drug-likeness (QED) is 0.761. The molecule has 0 bridgehead atoms. The maximum absolute atomic E-state index is 5.85. The predicted molar refractivity (Wildman–Crippen MR) is 73.8 cm³/mol. The number of benzene rings is 1. The monoisotopic (exact) mass is 233 g/mol. The molecule has 1 N–H and O–H groups in total. The van der Waals surface area contributed by atoms with E-state index in [1.807, 2.05) is 7.05 Å². The molecule has 0 aliphatic heterocycles. The lowest BCUT2D eigenvalue weighted by molar-refractivity contribution is 0.343. The first kappa shape index (κ1) is 13.8. The average Bonchev–Trinajstić information content (AvgIpc) is 2.26. The van der Waals surface area contributed by atoms with E-state index in [0.29, 0.717) is 12.5 Å². The van der Waals surface area contributed by atoms with Crippen LogP contribution in [0.1, 0.15) is 30.9 Å². The molecule has 2 nitrogen and oxygen atoms in total. The van der Waals surface area contributed by atoms with Crippen LogP contribution in [0.4, 0.5) is 0 Å². The topological polar surface area (TPSA) is 21.3 Å². The summed E-state index contributed by atoms with van der Waals surface area (Å²) in [6.07, 6.45) is 0. The smallest absolute Gasteiger partial charge is 0.123 e. The lowest BCUT2D eigenvalue weighted by Gasteiger charge is -2.15. The van der Waals surface area contributed by atoms with Crippen molar-refractivity contribution in [1.29, 1.82) is 0 Å². The third kappa shape index (κ3) is 4.23. The number of nitrogens with one attached hydrogen (secondary N) is 1. The second kappa shape index (κ2) is 6.45. The van der Waals surface area contributed by atoms with E-state index in [2.05, 4.69) is 50.9 Å². The zero-order valence-electron chi connectivity index (χ0n) is 11.3. The molecular weight excluding hydrogens is 210 g/mol. The molecule has 94 valence electrons. The summed E-state index contributed by atoms with van der Waals surface area (Å²) >= 11 is 0. The molecule has 2 heteroatoms. The number of ether oxygens (including phenoxy) is 1. The minimum atomic E-state index is 0.475. The Morgan fingerprint density at radius 1 is 1.41 bits per heavy atom. The standard InChI is InChI=1S/C15H23NO/c1-11(2)14-7-6-12(3)8-15(14)17-10-13(4)9-16-5/h6-8,11,16H,4,9-10H2,1-3,5H3. The van der Waals surface area contributed by atoms with Crippen LogP contribution in [0.25, 0.3) is 0 Å². The van der Waals surface area contributed by atoms with E-state index in [-0.39, 0.29) is 0 Å². The first-order valence-corrected chi connectivity index (χ1v) is 6.09.